The number of fused-ring (bicyclic) bond motifs is 1. The monoisotopic (exact) mass is 278 g/mol. The van der Waals surface area contributed by atoms with E-state index in [1.807, 2.05) is 23.9 Å². The number of rotatable bonds is 6. The van der Waals surface area contributed by atoms with E-state index in [9.17, 15) is 4.79 Å². The van der Waals surface area contributed by atoms with Crippen molar-refractivity contribution in [3.8, 4) is 0 Å². The van der Waals surface area contributed by atoms with E-state index in [2.05, 4.69) is 30.5 Å². The standard InChI is InChI=1S/C15H22N2OS/c1-3-19-7-6-11(2)17-15(18)12-4-5-13-9-16-10-14(13)8-12/h4-5,8,11,16H,3,6-7,9-10H2,1-2H3,(H,17,18). The predicted molar refractivity (Wildman–Crippen MR) is 81.5 cm³/mol. The van der Waals surface area contributed by atoms with Gasteiger partial charge in [0.1, 0.15) is 0 Å². The second-order valence-electron chi connectivity index (χ2n) is 4.95. The summed E-state index contributed by atoms with van der Waals surface area (Å²) in [5.74, 6) is 2.29. The van der Waals surface area contributed by atoms with Crippen LogP contribution >= 0.6 is 11.8 Å². The van der Waals surface area contributed by atoms with Crippen LogP contribution in [0.25, 0.3) is 0 Å². The highest BCUT2D eigenvalue weighted by Gasteiger charge is 2.14. The Bertz CT molecular complexity index is 448. The van der Waals surface area contributed by atoms with Crippen molar-refractivity contribution >= 4 is 17.7 Å². The van der Waals surface area contributed by atoms with Gasteiger partial charge in [-0.2, -0.15) is 11.8 Å². The van der Waals surface area contributed by atoms with E-state index in [4.69, 9.17) is 0 Å². The van der Waals surface area contributed by atoms with Gasteiger partial charge < -0.3 is 10.6 Å². The molecule has 0 radical (unpaired) electrons. The van der Waals surface area contributed by atoms with Gasteiger partial charge in [0.05, 0.1) is 0 Å². The third kappa shape index (κ3) is 3.98. The Labute approximate surface area is 119 Å². The van der Waals surface area contributed by atoms with E-state index in [1.54, 1.807) is 0 Å². The Kier molecular flexibility index (Phi) is 5.28. The molecule has 0 bridgehead atoms. The SMILES string of the molecule is CCSCCC(C)NC(=O)c1ccc2c(c1)CNC2. The molecule has 1 aromatic carbocycles. The average Bonchev–Trinajstić information content (AvgIpc) is 2.86. The van der Waals surface area contributed by atoms with Crippen molar-refractivity contribution in [2.24, 2.45) is 0 Å². The molecule has 0 aromatic heterocycles. The van der Waals surface area contributed by atoms with Crippen LogP contribution in [0, 0.1) is 0 Å². The Balaban J connectivity index is 1.89. The third-order valence-electron chi connectivity index (χ3n) is 3.38. The smallest absolute Gasteiger partial charge is 0.251 e. The van der Waals surface area contributed by atoms with Crippen LogP contribution in [0.3, 0.4) is 0 Å². The first kappa shape index (κ1) is 14.4. The van der Waals surface area contributed by atoms with Crippen molar-refractivity contribution in [2.45, 2.75) is 39.4 Å². The summed E-state index contributed by atoms with van der Waals surface area (Å²) in [4.78, 5) is 12.1. The molecule has 104 valence electrons. The summed E-state index contributed by atoms with van der Waals surface area (Å²) in [6.07, 6.45) is 1.02. The summed E-state index contributed by atoms with van der Waals surface area (Å²) < 4.78 is 0. The molecule has 0 fully saturated rings. The average molecular weight is 278 g/mol. The van der Waals surface area contributed by atoms with Crippen LogP contribution in [-0.2, 0) is 13.1 Å². The molecule has 2 rings (SSSR count). The molecule has 0 spiro atoms. The Morgan fingerprint density at radius 2 is 2.21 bits per heavy atom. The quantitative estimate of drug-likeness (QED) is 0.786. The molecular weight excluding hydrogens is 256 g/mol. The zero-order valence-electron chi connectivity index (χ0n) is 11.7. The van der Waals surface area contributed by atoms with E-state index < -0.39 is 0 Å². The van der Waals surface area contributed by atoms with Gasteiger partial charge >= 0.3 is 0 Å². The van der Waals surface area contributed by atoms with Crippen molar-refractivity contribution in [3.05, 3.63) is 34.9 Å². The van der Waals surface area contributed by atoms with E-state index in [0.717, 1.165) is 36.6 Å². The lowest BCUT2D eigenvalue weighted by molar-refractivity contribution is 0.0939. The summed E-state index contributed by atoms with van der Waals surface area (Å²) in [5, 5.41) is 6.37. The normalized spacial score (nSPS) is 15.1. The molecule has 1 aliphatic heterocycles. The lowest BCUT2D eigenvalue weighted by Gasteiger charge is -2.14. The number of benzene rings is 1. The van der Waals surface area contributed by atoms with Gasteiger partial charge in [0.25, 0.3) is 5.91 Å². The third-order valence-corrected chi connectivity index (χ3v) is 4.31. The van der Waals surface area contributed by atoms with Gasteiger partial charge in [-0.3, -0.25) is 4.79 Å². The molecule has 1 unspecified atom stereocenters. The Morgan fingerprint density at radius 3 is 3.00 bits per heavy atom. The highest BCUT2D eigenvalue weighted by atomic mass is 32.2. The first-order valence-electron chi connectivity index (χ1n) is 6.92. The summed E-state index contributed by atoms with van der Waals surface area (Å²) >= 11 is 1.92. The second-order valence-corrected chi connectivity index (χ2v) is 6.34. The van der Waals surface area contributed by atoms with Crippen molar-refractivity contribution in [3.63, 3.8) is 0 Å². The molecule has 1 heterocycles. The largest absolute Gasteiger partial charge is 0.350 e. The number of carbonyl (C=O) groups excluding carboxylic acids is 1. The van der Waals surface area contributed by atoms with E-state index in [-0.39, 0.29) is 11.9 Å². The van der Waals surface area contributed by atoms with Crippen LogP contribution in [0.15, 0.2) is 18.2 Å². The highest BCUT2D eigenvalue weighted by molar-refractivity contribution is 7.99. The van der Waals surface area contributed by atoms with Crippen molar-refractivity contribution in [2.75, 3.05) is 11.5 Å². The lowest BCUT2D eigenvalue weighted by atomic mass is 10.1. The molecule has 1 amide bonds. The fraction of sp³-hybridized carbons (Fsp3) is 0.533. The molecule has 4 heteroatoms. The predicted octanol–water partition coefficient (Wildman–Crippen LogP) is 2.55. The van der Waals surface area contributed by atoms with Gasteiger partial charge in [-0.15, -0.1) is 0 Å². The van der Waals surface area contributed by atoms with Crippen LogP contribution in [-0.4, -0.2) is 23.5 Å². The maximum atomic E-state index is 12.1. The maximum absolute atomic E-state index is 12.1. The molecule has 0 saturated heterocycles. The molecule has 0 saturated carbocycles. The summed E-state index contributed by atoms with van der Waals surface area (Å²) in [6.45, 7) is 6.02. The minimum Gasteiger partial charge on any atom is -0.350 e. The van der Waals surface area contributed by atoms with E-state index >= 15 is 0 Å². The van der Waals surface area contributed by atoms with E-state index in [1.165, 1.54) is 11.1 Å². The molecule has 1 aliphatic rings. The number of amides is 1. The second kappa shape index (κ2) is 6.96. The van der Waals surface area contributed by atoms with Crippen LogP contribution in [0.5, 0.6) is 0 Å². The fourth-order valence-electron chi connectivity index (χ4n) is 2.22. The number of carbonyl (C=O) groups is 1. The highest BCUT2D eigenvalue weighted by Crippen LogP contribution is 2.17. The molecule has 1 atom stereocenters. The van der Waals surface area contributed by atoms with Crippen molar-refractivity contribution in [1.82, 2.24) is 10.6 Å². The first-order chi connectivity index (χ1) is 9.20. The maximum Gasteiger partial charge on any atom is 0.251 e. The van der Waals surface area contributed by atoms with Gasteiger partial charge in [0.15, 0.2) is 0 Å². The van der Waals surface area contributed by atoms with Gasteiger partial charge in [-0.25, -0.2) is 0 Å². The molecule has 19 heavy (non-hydrogen) atoms. The van der Waals surface area contributed by atoms with Gasteiger partial charge in [0, 0.05) is 24.7 Å². The molecule has 1 aromatic rings. The van der Waals surface area contributed by atoms with Crippen molar-refractivity contribution in [1.29, 1.82) is 0 Å². The van der Waals surface area contributed by atoms with Crippen LogP contribution < -0.4 is 10.6 Å². The van der Waals surface area contributed by atoms with Crippen LogP contribution in [0.1, 0.15) is 41.8 Å². The molecule has 3 nitrogen and oxygen atoms in total. The minimum absolute atomic E-state index is 0.0451. The number of hydrogen-bond donors (Lipinski definition) is 2. The number of nitrogens with one attached hydrogen (secondary N) is 2. The molecule has 0 aliphatic carbocycles. The Morgan fingerprint density at radius 1 is 1.42 bits per heavy atom. The summed E-state index contributed by atoms with van der Waals surface area (Å²) in [6, 6.07) is 6.23. The van der Waals surface area contributed by atoms with Crippen LogP contribution in [0.4, 0.5) is 0 Å². The zero-order chi connectivity index (χ0) is 13.7. The lowest BCUT2D eigenvalue weighted by Crippen LogP contribution is -2.33. The van der Waals surface area contributed by atoms with E-state index in [0.29, 0.717) is 0 Å². The summed E-state index contributed by atoms with van der Waals surface area (Å²) in [7, 11) is 0. The van der Waals surface area contributed by atoms with Gasteiger partial charge in [0.2, 0.25) is 0 Å². The molecular formula is C15H22N2OS. The topological polar surface area (TPSA) is 41.1 Å². The van der Waals surface area contributed by atoms with Gasteiger partial charge in [-0.1, -0.05) is 13.0 Å². The van der Waals surface area contributed by atoms with Gasteiger partial charge in [-0.05, 0) is 48.1 Å². The number of hydrogen-bond acceptors (Lipinski definition) is 3. The summed E-state index contributed by atoms with van der Waals surface area (Å²) in [5.41, 5.74) is 3.34. The number of thioether (sulfide) groups is 1. The van der Waals surface area contributed by atoms with Crippen molar-refractivity contribution < 1.29 is 4.79 Å². The molecule has 2 N–H and O–H groups in total. The minimum atomic E-state index is 0.0451. The Hall–Kier alpha value is -1.00. The zero-order valence-corrected chi connectivity index (χ0v) is 12.5. The van der Waals surface area contributed by atoms with Crippen LogP contribution in [0.2, 0.25) is 0 Å². The first-order valence-corrected chi connectivity index (χ1v) is 8.07. The fourth-order valence-corrected chi connectivity index (χ4v) is 3.03.